The number of aryl methyl sites for hydroxylation is 1. The molecule has 2 saturated heterocycles. The minimum atomic E-state index is -0.475. The van der Waals surface area contributed by atoms with Crippen LogP contribution < -0.4 is 20.5 Å². The van der Waals surface area contributed by atoms with Crippen molar-refractivity contribution in [2.45, 2.75) is 6.92 Å². The number of anilines is 5. The topological polar surface area (TPSA) is 114 Å². The van der Waals surface area contributed by atoms with Crippen LogP contribution in [0.25, 0.3) is 0 Å². The molecule has 4 heterocycles. The Hall–Kier alpha value is -3.87. The van der Waals surface area contributed by atoms with Gasteiger partial charge < -0.3 is 25.0 Å². The van der Waals surface area contributed by atoms with Gasteiger partial charge in [0.05, 0.1) is 49.8 Å². The highest BCUT2D eigenvalue weighted by molar-refractivity contribution is 5.78. The van der Waals surface area contributed by atoms with Crippen LogP contribution in [0.3, 0.4) is 0 Å². The molecule has 2 aromatic heterocycles. The zero-order valence-corrected chi connectivity index (χ0v) is 22.1. The molecule has 0 aliphatic carbocycles. The third-order valence-electron chi connectivity index (χ3n) is 6.69. The van der Waals surface area contributed by atoms with Crippen molar-refractivity contribution in [3.63, 3.8) is 0 Å². The van der Waals surface area contributed by atoms with Crippen molar-refractivity contribution >= 4 is 35.0 Å². The number of halogens is 1. The second-order valence-electron chi connectivity index (χ2n) is 9.54. The number of piperazine rings is 1. The van der Waals surface area contributed by atoms with Gasteiger partial charge in [0, 0.05) is 57.2 Å². The third-order valence-corrected chi connectivity index (χ3v) is 6.69. The van der Waals surface area contributed by atoms with Gasteiger partial charge in [0.2, 0.25) is 5.95 Å². The van der Waals surface area contributed by atoms with Gasteiger partial charge in [0.25, 0.3) is 0 Å². The highest BCUT2D eigenvalue weighted by Gasteiger charge is 2.18. The Morgan fingerprint density at radius 1 is 1.00 bits per heavy atom. The van der Waals surface area contributed by atoms with Crippen LogP contribution >= 0.6 is 0 Å². The molecule has 0 bridgehead atoms. The van der Waals surface area contributed by atoms with Crippen molar-refractivity contribution in [1.29, 1.82) is 0 Å². The second kappa shape index (κ2) is 12.8. The molecular formula is C27H34FN9O2. The number of aliphatic hydroxyl groups is 1. The van der Waals surface area contributed by atoms with Crippen LogP contribution in [0.2, 0.25) is 0 Å². The number of ether oxygens (including phenoxy) is 1. The molecule has 0 radical (unpaired) electrons. The standard InChI is InChI=1S/C27H34FN9O2/c1-20-14-23(16-24(15-20)36-6-4-35(5-7-36)8-11-38)32-22-3-2-21(29-17-22)18-31-34-27-30-19-25(28)26(33-27)37-9-12-39-13-10-37/h2-3,14-19,32,38H,4-13H2,1H3,(H,30,33,34)/b31-18+. The number of hydrogen-bond donors (Lipinski definition) is 3. The highest BCUT2D eigenvalue weighted by Crippen LogP contribution is 2.26. The van der Waals surface area contributed by atoms with Gasteiger partial charge in [0.15, 0.2) is 11.6 Å². The molecule has 2 fully saturated rings. The lowest BCUT2D eigenvalue weighted by Crippen LogP contribution is -2.47. The van der Waals surface area contributed by atoms with Crippen molar-refractivity contribution in [3.05, 3.63) is 59.8 Å². The summed E-state index contributed by atoms with van der Waals surface area (Å²) < 4.78 is 19.5. The number of hydrazone groups is 1. The second-order valence-corrected chi connectivity index (χ2v) is 9.54. The Morgan fingerprint density at radius 2 is 1.82 bits per heavy atom. The van der Waals surface area contributed by atoms with Crippen LogP contribution in [-0.2, 0) is 4.74 Å². The van der Waals surface area contributed by atoms with E-state index in [1.54, 1.807) is 12.4 Å². The van der Waals surface area contributed by atoms with E-state index in [1.165, 1.54) is 11.3 Å². The van der Waals surface area contributed by atoms with Gasteiger partial charge in [-0.05, 0) is 42.8 Å². The lowest BCUT2D eigenvalue weighted by molar-refractivity contribution is 0.122. The normalized spacial score (nSPS) is 16.6. The van der Waals surface area contributed by atoms with Gasteiger partial charge in [-0.1, -0.05) is 0 Å². The van der Waals surface area contributed by atoms with Gasteiger partial charge in [-0.3, -0.25) is 9.88 Å². The Bertz CT molecular complexity index is 1260. The van der Waals surface area contributed by atoms with Crippen molar-refractivity contribution < 1.29 is 14.2 Å². The molecule has 3 N–H and O–H groups in total. The van der Waals surface area contributed by atoms with Crippen LogP contribution in [0.5, 0.6) is 0 Å². The Morgan fingerprint density at radius 3 is 2.56 bits per heavy atom. The van der Waals surface area contributed by atoms with E-state index in [0.717, 1.165) is 50.3 Å². The molecule has 5 rings (SSSR count). The van der Waals surface area contributed by atoms with Crippen molar-refractivity contribution in [1.82, 2.24) is 19.9 Å². The SMILES string of the molecule is Cc1cc(Nc2ccc(/C=N/Nc3ncc(F)c(N4CCOCC4)n3)nc2)cc(N2CCN(CCO)CC2)c1. The molecule has 0 unspecified atom stereocenters. The average molecular weight is 536 g/mol. The molecule has 2 aliphatic rings. The van der Waals surface area contributed by atoms with E-state index in [9.17, 15) is 9.50 Å². The van der Waals surface area contributed by atoms with E-state index in [-0.39, 0.29) is 18.4 Å². The molecule has 3 aromatic rings. The zero-order valence-electron chi connectivity index (χ0n) is 22.1. The van der Waals surface area contributed by atoms with Crippen molar-refractivity contribution in [2.24, 2.45) is 5.10 Å². The number of nitrogens with one attached hydrogen (secondary N) is 2. The largest absolute Gasteiger partial charge is 0.395 e. The number of nitrogens with zero attached hydrogens (tertiary/aromatic N) is 7. The maximum Gasteiger partial charge on any atom is 0.245 e. The van der Waals surface area contributed by atoms with Gasteiger partial charge in [0.1, 0.15) is 0 Å². The van der Waals surface area contributed by atoms with Crippen LogP contribution in [0.15, 0.2) is 47.8 Å². The fourth-order valence-electron chi connectivity index (χ4n) is 4.68. The number of pyridine rings is 1. The van der Waals surface area contributed by atoms with Crippen molar-refractivity contribution in [2.75, 3.05) is 86.2 Å². The minimum Gasteiger partial charge on any atom is -0.395 e. The maximum absolute atomic E-state index is 14.2. The van der Waals surface area contributed by atoms with Gasteiger partial charge in [-0.2, -0.15) is 10.1 Å². The first-order valence-corrected chi connectivity index (χ1v) is 13.1. The summed E-state index contributed by atoms with van der Waals surface area (Å²) in [6, 6.07) is 10.3. The predicted octanol–water partition coefficient (Wildman–Crippen LogP) is 2.46. The number of aliphatic hydroxyl groups excluding tert-OH is 1. The van der Waals surface area contributed by atoms with E-state index in [2.05, 4.69) is 65.7 Å². The summed E-state index contributed by atoms with van der Waals surface area (Å²) in [7, 11) is 0. The maximum atomic E-state index is 14.2. The number of hydrogen-bond acceptors (Lipinski definition) is 11. The quantitative estimate of drug-likeness (QED) is 0.279. The lowest BCUT2D eigenvalue weighted by atomic mass is 10.1. The Kier molecular flexibility index (Phi) is 8.76. The van der Waals surface area contributed by atoms with Crippen LogP contribution in [0.4, 0.5) is 33.2 Å². The number of morpholine rings is 1. The average Bonchev–Trinajstić information content (AvgIpc) is 2.96. The van der Waals surface area contributed by atoms with Crippen molar-refractivity contribution in [3.8, 4) is 0 Å². The van der Waals surface area contributed by atoms with Gasteiger partial charge in [-0.25, -0.2) is 14.8 Å². The molecule has 0 amide bonds. The Balaban J connectivity index is 1.17. The summed E-state index contributed by atoms with van der Waals surface area (Å²) in [6.45, 7) is 9.01. The van der Waals surface area contributed by atoms with E-state index in [1.807, 2.05) is 17.0 Å². The number of benzene rings is 1. The summed E-state index contributed by atoms with van der Waals surface area (Å²) in [5, 5.41) is 16.8. The molecule has 2 aliphatic heterocycles. The Labute approximate surface area is 227 Å². The number of β-amino-alcohol motifs (C(OH)–C–C–N with tert-alkyl or cyclic N) is 1. The summed E-state index contributed by atoms with van der Waals surface area (Å²) >= 11 is 0. The molecule has 206 valence electrons. The summed E-state index contributed by atoms with van der Waals surface area (Å²) in [6.07, 6.45) is 4.45. The van der Waals surface area contributed by atoms with E-state index >= 15 is 0 Å². The summed E-state index contributed by atoms with van der Waals surface area (Å²) in [5.74, 6) is -0.0298. The third kappa shape index (κ3) is 7.16. The highest BCUT2D eigenvalue weighted by atomic mass is 19.1. The van der Waals surface area contributed by atoms with E-state index in [0.29, 0.717) is 32.0 Å². The molecule has 1 aromatic carbocycles. The summed E-state index contributed by atoms with van der Waals surface area (Å²) in [4.78, 5) is 19.2. The fraction of sp³-hybridized carbons (Fsp3) is 0.407. The number of rotatable bonds is 9. The lowest BCUT2D eigenvalue weighted by Gasteiger charge is -2.36. The minimum absolute atomic E-state index is 0.201. The first-order valence-electron chi connectivity index (χ1n) is 13.1. The van der Waals surface area contributed by atoms with Gasteiger partial charge in [-0.15, -0.1) is 0 Å². The van der Waals surface area contributed by atoms with E-state index in [4.69, 9.17) is 4.74 Å². The van der Waals surface area contributed by atoms with Crippen LogP contribution in [0.1, 0.15) is 11.3 Å². The monoisotopic (exact) mass is 535 g/mol. The molecule has 0 atom stereocenters. The molecule has 12 heteroatoms. The molecule has 11 nitrogen and oxygen atoms in total. The van der Waals surface area contributed by atoms with Gasteiger partial charge >= 0.3 is 0 Å². The zero-order chi connectivity index (χ0) is 27.0. The molecule has 39 heavy (non-hydrogen) atoms. The van der Waals surface area contributed by atoms with Crippen LogP contribution in [-0.4, -0.2) is 96.8 Å². The van der Waals surface area contributed by atoms with Crippen LogP contribution in [0, 0.1) is 12.7 Å². The fourth-order valence-corrected chi connectivity index (χ4v) is 4.68. The predicted molar refractivity (Wildman–Crippen MR) is 151 cm³/mol. The molecular weight excluding hydrogens is 501 g/mol. The first kappa shape index (κ1) is 26.7. The smallest absolute Gasteiger partial charge is 0.245 e. The first-order chi connectivity index (χ1) is 19.1. The number of aromatic nitrogens is 3. The summed E-state index contributed by atoms with van der Waals surface area (Å²) in [5.41, 5.74) is 7.62. The molecule has 0 saturated carbocycles. The molecule has 0 spiro atoms. The van der Waals surface area contributed by atoms with E-state index < -0.39 is 5.82 Å².